The molecular weight excluding hydrogens is 214 g/mol. The first kappa shape index (κ1) is 12.1. The largest absolute Gasteiger partial charge is 0.464 e. The molecule has 92 valence electrons. The molecule has 0 bridgehead atoms. The van der Waals surface area contributed by atoms with Crippen molar-refractivity contribution < 1.29 is 9.15 Å². The fourth-order valence-corrected chi connectivity index (χ4v) is 1.92. The zero-order valence-electron chi connectivity index (χ0n) is 10.6. The second-order valence-electron chi connectivity index (χ2n) is 4.93. The molecule has 0 atom stereocenters. The Balaban J connectivity index is 2.09. The molecule has 0 aliphatic heterocycles. The van der Waals surface area contributed by atoms with E-state index in [1.807, 2.05) is 24.5 Å². The maximum atomic E-state index is 5.50. The van der Waals surface area contributed by atoms with Crippen molar-refractivity contribution in [2.24, 2.45) is 0 Å². The first-order valence-electron chi connectivity index (χ1n) is 5.81. The van der Waals surface area contributed by atoms with Gasteiger partial charge < -0.3 is 14.5 Å². The minimum absolute atomic E-state index is 0.0346. The quantitative estimate of drug-likeness (QED) is 0.862. The molecule has 0 unspecified atom stereocenters. The van der Waals surface area contributed by atoms with E-state index in [1.165, 1.54) is 10.9 Å². The Morgan fingerprint density at radius 3 is 2.82 bits per heavy atom. The van der Waals surface area contributed by atoms with Crippen molar-refractivity contribution >= 4 is 11.0 Å². The molecule has 0 spiro atoms. The summed E-state index contributed by atoms with van der Waals surface area (Å²) in [6.45, 7) is 5.72. The smallest absolute Gasteiger partial charge is 0.134 e. The van der Waals surface area contributed by atoms with Crippen LogP contribution in [0.2, 0.25) is 0 Å². The molecule has 1 aromatic carbocycles. The third kappa shape index (κ3) is 2.87. The summed E-state index contributed by atoms with van der Waals surface area (Å²) in [5, 5.41) is 4.64. The highest BCUT2D eigenvalue weighted by Crippen LogP contribution is 2.21. The Labute approximate surface area is 102 Å². The fraction of sp³-hybridized carbons (Fsp3) is 0.429. The van der Waals surface area contributed by atoms with Gasteiger partial charge in [-0.1, -0.05) is 18.2 Å². The van der Waals surface area contributed by atoms with Gasteiger partial charge in [-0.25, -0.2) is 0 Å². The second-order valence-corrected chi connectivity index (χ2v) is 4.93. The molecule has 0 saturated heterocycles. The van der Waals surface area contributed by atoms with E-state index >= 15 is 0 Å². The molecule has 0 amide bonds. The van der Waals surface area contributed by atoms with Crippen molar-refractivity contribution in [1.29, 1.82) is 0 Å². The van der Waals surface area contributed by atoms with Gasteiger partial charge in [0.1, 0.15) is 5.58 Å². The van der Waals surface area contributed by atoms with Gasteiger partial charge in [-0.3, -0.25) is 0 Å². The summed E-state index contributed by atoms with van der Waals surface area (Å²) in [4.78, 5) is 0. The van der Waals surface area contributed by atoms with Gasteiger partial charge in [-0.05, 0) is 19.9 Å². The molecule has 0 saturated carbocycles. The number of fused-ring (bicyclic) bond motifs is 1. The number of methoxy groups -OCH3 is 1. The van der Waals surface area contributed by atoms with Gasteiger partial charge in [-0.2, -0.15) is 0 Å². The fourth-order valence-electron chi connectivity index (χ4n) is 1.92. The van der Waals surface area contributed by atoms with Crippen LogP contribution in [-0.4, -0.2) is 19.3 Å². The van der Waals surface area contributed by atoms with Gasteiger partial charge >= 0.3 is 0 Å². The molecular formula is C14H19NO2. The van der Waals surface area contributed by atoms with E-state index in [1.54, 1.807) is 7.11 Å². The predicted molar refractivity (Wildman–Crippen MR) is 69.0 cm³/mol. The van der Waals surface area contributed by atoms with Crippen LogP contribution in [0.15, 0.2) is 34.9 Å². The molecule has 2 rings (SSSR count). The summed E-state index contributed by atoms with van der Waals surface area (Å²) in [5.41, 5.74) is 2.09. The highest BCUT2D eigenvalue weighted by atomic mass is 16.5. The number of para-hydroxylation sites is 1. The number of benzene rings is 1. The van der Waals surface area contributed by atoms with Crippen LogP contribution >= 0.6 is 0 Å². The topological polar surface area (TPSA) is 34.4 Å². The molecule has 1 heterocycles. The zero-order valence-corrected chi connectivity index (χ0v) is 10.6. The average molecular weight is 233 g/mol. The number of furan rings is 1. The maximum absolute atomic E-state index is 5.50. The lowest BCUT2D eigenvalue weighted by Crippen LogP contribution is -2.42. The highest BCUT2D eigenvalue weighted by Gasteiger charge is 2.17. The summed E-state index contributed by atoms with van der Waals surface area (Å²) in [5.74, 6) is 0. The summed E-state index contributed by atoms with van der Waals surface area (Å²) >= 11 is 0. The van der Waals surface area contributed by atoms with Crippen LogP contribution in [0, 0.1) is 0 Å². The molecule has 1 N–H and O–H groups in total. The van der Waals surface area contributed by atoms with Crippen LogP contribution in [0.25, 0.3) is 11.0 Å². The van der Waals surface area contributed by atoms with Crippen LogP contribution in [0.1, 0.15) is 19.4 Å². The monoisotopic (exact) mass is 233 g/mol. The first-order chi connectivity index (χ1) is 8.12. The van der Waals surface area contributed by atoms with Gasteiger partial charge in [-0.15, -0.1) is 0 Å². The molecule has 3 nitrogen and oxygen atoms in total. The number of hydrogen-bond donors (Lipinski definition) is 1. The van der Waals surface area contributed by atoms with Crippen LogP contribution in [-0.2, 0) is 11.3 Å². The van der Waals surface area contributed by atoms with Crippen molar-refractivity contribution in [3.63, 3.8) is 0 Å². The second kappa shape index (κ2) is 4.90. The van der Waals surface area contributed by atoms with Crippen LogP contribution in [0.4, 0.5) is 0 Å². The van der Waals surface area contributed by atoms with Crippen LogP contribution in [0.3, 0.4) is 0 Å². The third-order valence-electron chi connectivity index (χ3n) is 2.82. The number of ether oxygens (including phenoxy) is 1. The molecule has 2 aromatic rings. The minimum atomic E-state index is -0.0346. The first-order valence-corrected chi connectivity index (χ1v) is 5.81. The van der Waals surface area contributed by atoms with Crippen molar-refractivity contribution in [2.45, 2.75) is 25.9 Å². The van der Waals surface area contributed by atoms with E-state index in [9.17, 15) is 0 Å². The Bertz CT molecular complexity index is 488. The van der Waals surface area contributed by atoms with Gasteiger partial charge in [0.15, 0.2) is 0 Å². The summed E-state index contributed by atoms with van der Waals surface area (Å²) < 4.78 is 10.7. The molecule has 3 heteroatoms. The van der Waals surface area contributed by atoms with Crippen molar-refractivity contribution in [3.8, 4) is 0 Å². The van der Waals surface area contributed by atoms with Crippen molar-refractivity contribution in [1.82, 2.24) is 5.32 Å². The molecule has 0 aliphatic rings. The van der Waals surface area contributed by atoms with E-state index in [2.05, 4.69) is 25.2 Å². The van der Waals surface area contributed by atoms with Gasteiger partial charge in [0.2, 0.25) is 0 Å². The van der Waals surface area contributed by atoms with Gasteiger partial charge in [0, 0.05) is 30.1 Å². The average Bonchev–Trinajstić information content (AvgIpc) is 2.70. The Morgan fingerprint density at radius 2 is 2.06 bits per heavy atom. The summed E-state index contributed by atoms with van der Waals surface area (Å²) in [6, 6.07) is 8.08. The SMILES string of the molecule is COCC(C)(C)NCc1coc2ccccc12. The minimum Gasteiger partial charge on any atom is -0.464 e. The zero-order chi connectivity index (χ0) is 12.3. The Kier molecular flexibility index (Phi) is 3.50. The van der Waals surface area contributed by atoms with E-state index in [0.717, 1.165) is 12.1 Å². The Morgan fingerprint density at radius 1 is 1.29 bits per heavy atom. The van der Waals surface area contributed by atoms with E-state index in [-0.39, 0.29) is 5.54 Å². The molecule has 17 heavy (non-hydrogen) atoms. The van der Waals surface area contributed by atoms with E-state index in [4.69, 9.17) is 9.15 Å². The molecule has 0 aliphatic carbocycles. The van der Waals surface area contributed by atoms with E-state index < -0.39 is 0 Å². The van der Waals surface area contributed by atoms with Crippen molar-refractivity contribution in [3.05, 3.63) is 36.1 Å². The summed E-state index contributed by atoms with van der Waals surface area (Å²) in [7, 11) is 1.72. The molecule has 0 fully saturated rings. The predicted octanol–water partition coefficient (Wildman–Crippen LogP) is 2.95. The third-order valence-corrected chi connectivity index (χ3v) is 2.82. The number of nitrogens with one attached hydrogen (secondary N) is 1. The lowest BCUT2D eigenvalue weighted by molar-refractivity contribution is 0.128. The Hall–Kier alpha value is -1.32. The highest BCUT2D eigenvalue weighted by molar-refractivity contribution is 5.80. The van der Waals surface area contributed by atoms with E-state index in [0.29, 0.717) is 6.61 Å². The molecule has 1 aromatic heterocycles. The van der Waals surface area contributed by atoms with Crippen LogP contribution in [0.5, 0.6) is 0 Å². The van der Waals surface area contributed by atoms with Crippen LogP contribution < -0.4 is 5.32 Å². The maximum Gasteiger partial charge on any atom is 0.134 e. The normalized spacial score (nSPS) is 12.2. The molecule has 0 radical (unpaired) electrons. The number of hydrogen-bond acceptors (Lipinski definition) is 3. The standard InChI is InChI=1S/C14H19NO2/c1-14(2,10-16-3)15-8-11-9-17-13-7-5-4-6-12(11)13/h4-7,9,15H,8,10H2,1-3H3. The van der Waals surface area contributed by atoms with Gasteiger partial charge in [0.25, 0.3) is 0 Å². The lowest BCUT2D eigenvalue weighted by atomic mass is 10.1. The lowest BCUT2D eigenvalue weighted by Gasteiger charge is -2.25. The van der Waals surface area contributed by atoms with Gasteiger partial charge in [0.05, 0.1) is 12.9 Å². The number of rotatable bonds is 5. The van der Waals surface area contributed by atoms with Crippen molar-refractivity contribution in [2.75, 3.05) is 13.7 Å². The summed E-state index contributed by atoms with van der Waals surface area (Å²) in [6.07, 6.45) is 1.82.